The number of piperidine rings is 1. The van der Waals surface area contributed by atoms with Gasteiger partial charge in [-0.2, -0.15) is 0 Å². The molecule has 2 atom stereocenters. The number of nitrogens with zero attached hydrogens (tertiary/aromatic N) is 1. The maximum absolute atomic E-state index is 5.86. The largest absolute Gasteiger partial charge is 0.492 e. The summed E-state index contributed by atoms with van der Waals surface area (Å²) in [5, 5.41) is 3.67. The molecule has 1 N–H and O–H groups in total. The van der Waals surface area contributed by atoms with Crippen molar-refractivity contribution in [2.24, 2.45) is 5.92 Å². The maximum Gasteiger partial charge on any atom is 0.119 e. The minimum absolute atomic E-state index is 0.693. The summed E-state index contributed by atoms with van der Waals surface area (Å²) in [7, 11) is 0. The Kier molecular flexibility index (Phi) is 6.52. The molecule has 1 aliphatic rings. The molecule has 1 aromatic rings. The van der Waals surface area contributed by atoms with Crippen LogP contribution >= 0.6 is 0 Å². The van der Waals surface area contributed by atoms with Crippen molar-refractivity contribution in [1.29, 1.82) is 0 Å². The molecule has 0 bridgehead atoms. The van der Waals surface area contributed by atoms with Crippen LogP contribution in [0, 0.1) is 12.8 Å². The first kappa shape index (κ1) is 16.3. The van der Waals surface area contributed by atoms with E-state index < -0.39 is 0 Å². The fourth-order valence-electron chi connectivity index (χ4n) is 3.07. The average molecular weight is 290 g/mol. The van der Waals surface area contributed by atoms with Crippen LogP contribution in [0.25, 0.3) is 0 Å². The number of hydrogen-bond donors (Lipinski definition) is 1. The molecular weight excluding hydrogens is 260 g/mol. The molecule has 0 aliphatic carbocycles. The third-order valence-corrected chi connectivity index (χ3v) is 4.31. The third kappa shape index (κ3) is 5.33. The predicted molar refractivity (Wildman–Crippen MR) is 89.0 cm³/mol. The molecule has 0 aromatic heterocycles. The quantitative estimate of drug-likeness (QED) is 0.835. The van der Waals surface area contributed by atoms with Gasteiger partial charge in [-0.15, -0.1) is 0 Å². The molecule has 1 aromatic carbocycles. The second-order valence-electron chi connectivity index (χ2n) is 6.29. The molecule has 1 saturated heterocycles. The lowest BCUT2D eigenvalue weighted by Crippen LogP contribution is -2.49. The topological polar surface area (TPSA) is 24.5 Å². The lowest BCUT2D eigenvalue weighted by atomic mass is 9.94. The Morgan fingerprint density at radius 3 is 2.95 bits per heavy atom. The standard InChI is InChI=1S/C18H30N2O/c1-4-9-19-18-8-10-20(14-16(18)3)11-12-21-17-7-5-6-15(2)13-17/h5-7,13,16,18-19H,4,8-12,14H2,1-3H3. The summed E-state index contributed by atoms with van der Waals surface area (Å²) in [4.78, 5) is 2.53. The number of hydrogen-bond acceptors (Lipinski definition) is 3. The zero-order valence-electron chi connectivity index (χ0n) is 13.8. The molecule has 2 rings (SSSR count). The van der Waals surface area contributed by atoms with E-state index in [1.807, 2.05) is 6.07 Å². The molecule has 0 amide bonds. The van der Waals surface area contributed by atoms with Gasteiger partial charge in [0, 0.05) is 19.1 Å². The van der Waals surface area contributed by atoms with Gasteiger partial charge in [0.25, 0.3) is 0 Å². The highest BCUT2D eigenvalue weighted by molar-refractivity contribution is 5.27. The van der Waals surface area contributed by atoms with Gasteiger partial charge in [-0.3, -0.25) is 4.90 Å². The summed E-state index contributed by atoms with van der Waals surface area (Å²) in [5.41, 5.74) is 1.25. The van der Waals surface area contributed by atoms with E-state index in [4.69, 9.17) is 4.74 Å². The number of nitrogens with one attached hydrogen (secondary N) is 1. The molecule has 1 heterocycles. The van der Waals surface area contributed by atoms with Gasteiger partial charge in [0.05, 0.1) is 0 Å². The SMILES string of the molecule is CCCNC1CCN(CCOc2cccc(C)c2)CC1C. The van der Waals surface area contributed by atoms with Crippen LogP contribution in [0.5, 0.6) is 5.75 Å². The first-order valence-corrected chi connectivity index (χ1v) is 8.34. The Morgan fingerprint density at radius 1 is 1.38 bits per heavy atom. The average Bonchev–Trinajstić information content (AvgIpc) is 2.46. The fourth-order valence-corrected chi connectivity index (χ4v) is 3.07. The van der Waals surface area contributed by atoms with Crippen LogP contribution in [0.4, 0.5) is 0 Å². The van der Waals surface area contributed by atoms with Crippen LogP contribution < -0.4 is 10.1 Å². The third-order valence-electron chi connectivity index (χ3n) is 4.31. The van der Waals surface area contributed by atoms with E-state index in [0.717, 1.165) is 31.4 Å². The van der Waals surface area contributed by atoms with Crippen LogP contribution in [0.3, 0.4) is 0 Å². The maximum atomic E-state index is 5.86. The number of benzene rings is 1. The van der Waals surface area contributed by atoms with Crippen LogP contribution in [-0.2, 0) is 0 Å². The molecule has 1 aliphatic heterocycles. The van der Waals surface area contributed by atoms with E-state index in [1.165, 1.54) is 31.5 Å². The number of likely N-dealkylation sites (tertiary alicyclic amines) is 1. The first-order chi connectivity index (χ1) is 10.2. The van der Waals surface area contributed by atoms with Crippen molar-refractivity contribution in [1.82, 2.24) is 10.2 Å². The summed E-state index contributed by atoms with van der Waals surface area (Å²) in [5.74, 6) is 1.71. The van der Waals surface area contributed by atoms with Gasteiger partial charge in [-0.1, -0.05) is 26.0 Å². The molecule has 0 spiro atoms. The van der Waals surface area contributed by atoms with Gasteiger partial charge < -0.3 is 10.1 Å². The van der Waals surface area contributed by atoms with Crippen LogP contribution in [0.15, 0.2) is 24.3 Å². The molecule has 0 saturated carbocycles. The number of ether oxygens (including phenoxy) is 1. The Morgan fingerprint density at radius 2 is 2.24 bits per heavy atom. The highest BCUT2D eigenvalue weighted by Crippen LogP contribution is 2.17. The molecule has 3 heteroatoms. The lowest BCUT2D eigenvalue weighted by molar-refractivity contribution is 0.127. The second-order valence-corrected chi connectivity index (χ2v) is 6.29. The van der Waals surface area contributed by atoms with Gasteiger partial charge >= 0.3 is 0 Å². The van der Waals surface area contributed by atoms with Gasteiger partial charge in [0.2, 0.25) is 0 Å². The molecule has 118 valence electrons. The minimum atomic E-state index is 0.693. The van der Waals surface area contributed by atoms with Crippen molar-refractivity contribution in [2.45, 2.75) is 39.7 Å². The van der Waals surface area contributed by atoms with Gasteiger partial charge in [-0.25, -0.2) is 0 Å². The van der Waals surface area contributed by atoms with E-state index in [2.05, 4.69) is 49.2 Å². The summed E-state index contributed by atoms with van der Waals surface area (Å²) < 4.78 is 5.86. The smallest absolute Gasteiger partial charge is 0.119 e. The molecule has 0 radical (unpaired) electrons. The zero-order valence-corrected chi connectivity index (χ0v) is 13.8. The van der Waals surface area contributed by atoms with E-state index in [-0.39, 0.29) is 0 Å². The Hall–Kier alpha value is -1.06. The van der Waals surface area contributed by atoms with E-state index in [9.17, 15) is 0 Å². The van der Waals surface area contributed by atoms with E-state index in [1.54, 1.807) is 0 Å². The molecule has 2 unspecified atom stereocenters. The highest BCUT2D eigenvalue weighted by atomic mass is 16.5. The summed E-state index contributed by atoms with van der Waals surface area (Å²) in [6.45, 7) is 12.0. The Labute approximate surface area is 129 Å². The summed E-state index contributed by atoms with van der Waals surface area (Å²) >= 11 is 0. The van der Waals surface area contributed by atoms with Crippen LogP contribution in [-0.4, -0.2) is 43.7 Å². The minimum Gasteiger partial charge on any atom is -0.492 e. The zero-order chi connectivity index (χ0) is 15.1. The van der Waals surface area contributed by atoms with Gasteiger partial charge in [0.1, 0.15) is 12.4 Å². The van der Waals surface area contributed by atoms with Crippen molar-refractivity contribution >= 4 is 0 Å². The fraction of sp³-hybridized carbons (Fsp3) is 0.667. The van der Waals surface area contributed by atoms with Crippen LogP contribution in [0.2, 0.25) is 0 Å². The Balaban J connectivity index is 1.68. The molecular formula is C18H30N2O. The molecule has 3 nitrogen and oxygen atoms in total. The van der Waals surface area contributed by atoms with Gasteiger partial charge in [-0.05, 0) is 56.5 Å². The summed E-state index contributed by atoms with van der Waals surface area (Å²) in [6, 6.07) is 8.99. The molecule has 21 heavy (non-hydrogen) atoms. The van der Waals surface area contributed by atoms with Crippen molar-refractivity contribution < 1.29 is 4.74 Å². The van der Waals surface area contributed by atoms with Crippen molar-refractivity contribution in [2.75, 3.05) is 32.8 Å². The molecule has 1 fully saturated rings. The van der Waals surface area contributed by atoms with Crippen LogP contribution in [0.1, 0.15) is 32.3 Å². The lowest BCUT2D eigenvalue weighted by Gasteiger charge is -2.37. The first-order valence-electron chi connectivity index (χ1n) is 8.34. The Bertz CT molecular complexity index is 421. The highest BCUT2D eigenvalue weighted by Gasteiger charge is 2.25. The monoisotopic (exact) mass is 290 g/mol. The second kappa shape index (κ2) is 8.40. The van der Waals surface area contributed by atoms with E-state index >= 15 is 0 Å². The number of rotatable bonds is 7. The van der Waals surface area contributed by atoms with Crippen molar-refractivity contribution in [3.63, 3.8) is 0 Å². The number of aryl methyl sites for hydroxylation is 1. The van der Waals surface area contributed by atoms with E-state index in [0.29, 0.717) is 6.04 Å². The van der Waals surface area contributed by atoms with Crippen molar-refractivity contribution in [3.8, 4) is 5.75 Å². The normalized spacial score (nSPS) is 23.2. The van der Waals surface area contributed by atoms with Gasteiger partial charge in [0.15, 0.2) is 0 Å². The summed E-state index contributed by atoms with van der Waals surface area (Å²) in [6.07, 6.45) is 2.48. The predicted octanol–water partition coefficient (Wildman–Crippen LogP) is 3.08. The van der Waals surface area contributed by atoms with Crippen molar-refractivity contribution in [3.05, 3.63) is 29.8 Å².